The lowest BCUT2D eigenvalue weighted by Crippen LogP contribution is -2.43. The van der Waals surface area contributed by atoms with E-state index < -0.39 is 0 Å². The number of nitrogens with one attached hydrogen (secondary N) is 1. The molecule has 3 rings (SSSR count). The van der Waals surface area contributed by atoms with E-state index in [1.54, 1.807) is 7.11 Å². The molecule has 1 fully saturated rings. The number of carbonyl (C=O) groups excluding carboxylic acids is 1. The topological polar surface area (TPSA) is 76.6 Å². The number of nitrogens with zero attached hydrogens (tertiary/aromatic N) is 3. The van der Waals surface area contributed by atoms with Gasteiger partial charge in [0.1, 0.15) is 5.75 Å². The summed E-state index contributed by atoms with van der Waals surface area (Å²) in [5.41, 5.74) is 1.82. The van der Waals surface area contributed by atoms with Gasteiger partial charge in [0.05, 0.1) is 19.6 Å². The Labute approximate surface area is 166 Å². The van der Waals surface area contributed by atoms with E-state index in [2.05, 4.69) is 20.2 Å². The van der Waals surface area contributed by atoms with Crippen LogP contribution in [-0.2, 0) is 11.3 Å². The molecule has 1 aliphatic rings. The molecule has 1 aromatic carbocycles. The number of rotatable bonds is 7. The molecule has 1 amide bonds. The fraction of sp³-hybridized carbons (Fsp3) is 0.476. The van der Waals surface area contributed by atoms with Crippen LogP contribution < -0.4 is 19.7 Å². The summed E-state index contributed by atoms with van der Waals surface area (Å²) >= 11 is 0. The smallest absolute Gasteiger partial charge is 0.228 e. The maximum Gasteiger partial charge on any atom is 0.228 e. The first kappa shape index (κ1) is 19.9. The molecule has 1 aliphatic heterocycles. The Hall–Kier alpha value is -2.83. The zero-order valence-electron chi connectivity index (χ0n) is 16.8. The number of para-hydroxylation sites is 1. The molecule has 0 spiro atoms. The van der Waals surface area contributed by atoms with Gasteiger partial charge in [-0.2, -0.15) is 4.98 Å². The van der Waals surface area contributed by atoms with Crippen molar-refractivity contribution in [3.05, 3.63) is 41.6 Å². The number of methoxy groups -OCH3 is 1. The van der Waals surface area contributed by atoms with Crippen LogP contribution in [0.15, 0.2) is 30.3 Å². The van der Waals surface area contributed by atoms with E-state index in [0.717, 1.165) is 36.4 Å². The number of anilines is 1. The van der Waals surface area contributed by atoms with Crippen molar-refractivity contribution >= 4 is 11.9 Å². The van der Waals surface area contributed by atoms with Crippen molar-refractivity contribution in [1.29, 1.82) is 0 Å². The zero-order valence-corrected chi connectivity index (χ0v) is 16.8. The molecular weight excluding hydrogens is 356 g/mol. The van der Waals surface area contributed by atoms with E-state index in [4.69, 9.17) is 9.47 Å². The maximum absolute atomic E-state index is 12.7. The molecule has 1 N–H and O–H groups in total. The Kier molecular flexibility index (Phi) is 6.68. The molecule has 7 heteroatoms. The molecule has 0 radical (unpaired) electrons. The summed E-state index contributed by atoms with van der Waals surface area (Å²) in [6.07, 6.45) is 1.78. The lowest BCUT2D eigenvalue weighted by molar-refractivity contribution is -0.125. The van der Waals surface area contributed by atoms with Crippen molar-refractivity contribution in [1.82, 2.24) is 15.3 Å². The molecule has 0 saturated carbocycles. The third kappa shape index (κ3) is 4.91. The van der Waals surface area contributed by atoms with Gasteiger partial charge in [-0.05, 0) is 32.8 Å². The molecule has 1 atom stereocenters. The van der Waals surface area contributed by atoms with Gasteiger partial charge < -0.3 is 19.7 Å². The average molecular weight is 384 g/mol. The molecule has 28 heavy (non-hydrogen) atoms. The second-order valence-corrected chi connectivity index (χ2v) is 6.90. The Morgan fingerprint density at radius 2 is 2.14 bits per heavy atom. The number of piperidine rings is 1. The Bertz CT molecular complexity index is 812. The minimum Gasteiger partial charge on any atom is -0.496 e. The van der Waals surface area contributed by atoms with Gasteiger partial charge in [-0.15, -0.1) is 0 Å². The first-order valence-corrected chi connectivity index (χ1v) is 9.73. The Balaban J connectivity index is 1.63. The fourth-order valence-electron chi connectivity index (χ4n) is 3.44. The number of hydrogen-bond acceptors (Lipinski definition) is 6. The van der Waals surface area contributed by atoms with Crippen LogP contribution in [0.1, 0.15) is 31.0 Å². The van der Waals surface area contributed by atoms with Crippen molar-refractivity contribution in [3.8, 4) is 11.6 Å². The van der Waals surface area contributed by atoms with Gasteiger partial charge in [0, 0.05) is 37.0 Å². The predicted molar refractivity (Wildman–Crippen MR) is 108 cm³/mol. The monoisotopic (exact) mass is 384 g/mol. The summed E-state index contributed by atoms with van der Waals surface area (Å²) in [6.45, 7) is 6.31. The fourth-order valence-corrected chi connectivity index (χ4v) is 3.44. The van der Waals surface area contributed by atoms with Gasteiger partial charge in [0.15, 0.2) is 0 Å². The SMILES string of the molecule is CCOc1cc(C)nc(N2CCCC(C(=O)NCc3ccccc3OC)C2)n1. The van der Waals surface area contributed by atoms with Crippen LogP contribution >= 0.6 is 0 Å². The third-order valence-electron chi connectivity index (χ3n) is 4.83. The van der Waals surface area contributed by atoms with E-state index in [-0.39, 0.29) is 11.8 Å². The predicted octanol–water partition coefficient (Wildman–Crippen LogP) is 2.73. The Morgan fingerprint density at radius 1 is 1.32 bits per heavy atom. The summed E-state index contributed by atoms with van der Waals surface area (Å²) in [6, 6.07) is 9.55. The first-order valence-electron chi connectivity index (χ1n) is 9.73. The maximum atomic E-state index is 12.7. The van der Waals surface area contributed by atoms with E-state index >= 15 is 0 Å². The number of hydrogen-bond donors (Lipinski definition) is 1. The van der Waals surface area contributed by atoms with Crippen molar-refractivity contribution in [2.45, 2.75) is 33.2 Å². The largest absolute Gasteiger partial charge is 0.496 e. The highest BCUT2D eigenvalue weighted by Crippen LogP contribution is 2.23. The number of carbonyl (C=O) groups is 1. The Morgan fingerprint density at radius 3 is 2.93 bits per heavy atom. The molecule has 150 valence electrons. The quantitative estimate of drug-likeness (QED) is 0.791. The second kappa shape index (κ2) is 9.39. The van der Waals surface area contributed by atoms with E-state index in [9.17, 15) is 4.79 Å². The second-order valence-electron chi connectivity index (χ2n) is 6.90. The van der Waals surface area contributed by atoms with Crippen LogP contribution in [0.3, 0.4) is 0 Å². The molecule has 2 heterocycles. The molecule has 1 unspecified atom stereocenters. The molecule has 1 saturated heterocycles. The van der Waals surface area contributed by atoms with Gasteiger partial charge in [-0.3, -0.25) is 4.79 Å². The van der Waals surface area contributed by atoms with Gasteiger partial charge in [-0.1, -0.05) is 18.2 Å². The molecule has 2 aromatic rings. The van der Waals surface area contributed by atoms with Crippen molar-refractivity contribution in [2.75, 3.05) is 31.7 Å². The van der Waals surface area contributed by atoms with Crippen LogP contribution in [0.4, 0.5) is 5.95 Å². The molecule has 1 aromatic heterocycles. The van der Waals surface area contributed by atoms with Gasteiger partial charge >= 0.3 is 0 Å². The van der Waals surface area contributed by atoms with Crippen molar-refractivity contribution in [3.63, 3.8) is 0 Å². The van der Waals surface area contributed by atoms with E-state index in [1.165, 1.54) is 0 Å². The number of amides is 1. The van der Waals surface area contributed by atoms with Crippen LogP contribution in [0.25, 0.3) is 0 Å². The van der Waals surface area contributed by atoms with Crippen LogP contribution in [0.2, 0.25) is 0 Å². The van der Waals surface area contributed by atoms with Gasteiger partial charge in [0.25, 0.3) is 0 Å². The molecular formula is C21H28N4O3. The van der Waals surface area contributed by atoms with Crippen LogP contribution in [-0.4, -0.2) is 42.7 Å². The first-order chi connectivity index (χ1) is 13.6. The molecule has 7 nitrogen and oxygen atoms in total. The average Bonchev–Trinajstić information content (AvgIpc) is 2.72. The minimum absolute atomic E-state index is 0.0493. The molecule has 0 aliphatic carbocycles. The number of benzene rings is 1. The number of ether oxygens (including phenoxy) is 2. The lowest BCUT2D eigenvalue weighted by Gasteiger charge is -2.32. The highest BCUT2D eigenvalue weighted by atomic mass is 16.5. The summed E-state index contributed by atoms with van der Waals surface area (Å²) in [5, 5.41) is 3.05. The van der Waals surface area contributed by atoms with Crippen LogP contribution in [0, 0.1) is 12.8 Å². The minimum atomic E-state index is -0.0943. The lowest BCUT2D eigenvalue weighted by atomic mass is 9.97. The number of aromatic nitrogens is 2. The number of aryl methyl sites for hydroxylation is 1. The summed E-state index contributed by atoms with van der Waals surface area (Å²) < 4.78 is 10.9. The van der Waals surface area contributed by atoms with Gasteiger partial charge in [0.2, 0.25) is 17.7 Å². The van der Waals surface area contributed by atoms with E-state index in [0.29, 0.717) is 31.5 Å². The van der Waals surface area contributed by atoms with Crippen molar-refractivity contribution in [2.24, 2.45) is 5.92 Å². The van der Waals surface area contributed by atoms with E-state index in [1.807, 2.05) is 44.2 Å². The summed E-state index contributed by atoms with van der Waals surface area (Å²) in [5.74, 6) is 1.94. The van der Waals surface area contributed by atoms with Crippen LogP contribution in [0.5, 0.6) is 11.6 Å². The molecule has 0 bridgehead atoms. The zero-order chi connectivity index (χ0) is 19.9. The van der Waals surface area contributed by atoms with Crippen molar-refractivity contribution < 1.29 is 14.3 Å². The highest BCUT2D eigenvalue weighted by Gasteiger charge is 2.27. The third-order valence-corrected chi connectivity index (χ3v) is 4.83. The normalized spacial score (nSPS) is 16.5. The highest BCUT2D eigenvalue weighted by molar-refractivity contribution is 5.79. The standard InChI is InChI=1S/C21H28N4O3/c1-4-28-19-12-15(2)23-21(24-19)25-11-7-9-17(14-25)20(26)22-13-16-8-5-6-10-18(16)27-3/h5-6,8,10,12,17H,4,7,9,11,13-14H2,1-3H3,(H,22,26). The summed E-state index contributed by atoms with van der Waals surface area (Å²) in [7, 11) is 1.64. The van der Waals surface area contributed by atoms with Gasteiger partial charge in [-0.25, -0.2) is 4.98 Å². The summed E-state index contributed by atoms with van der Waals surface area (Å²) in [4.78, 5) is 23.9.